The molecule has 3 N–H and O–H groups in total. The van der Waals surface area contributed by atoms with Gasteiger partial charge in [-0.2, -0.15) is 0 Å². The molecule has 0 amide bonds. The number of rotatable bonds is 4. The van der Waals surface area contributed by atoms with Gasteiger partial charge < -0.3 is 20.1 Å². The molecule has 23 heavy (non-hydrogen) atoms. The van der Waals surface area contributed by atoms with Crippen LogP contribution in [0.4, 0.5) is 0 Å². The van der Waals surface area contributed by atoms with E-state index in [2.05, 4.69) is 4.74 Å². The predicted octanol–water partition coefficient (Wildman–Crippen LogP) is 2.63. The number of aromatic hydroxyl groups is 2. The minimum absolute atomic E-state index is 0.0983. The van der Waals surface area contributed by atoms with Crippen LogP contribution in [0.15, 0.2) is 42.5 Å². The Hall–Kier alpha value is -2.53. The molecule has 0 saturated heterocycles. The molecule has 5 nitrogen and oxygen atoms in total. The lowest BCUT2D eigenvalue weighted by atomic mass is 9.77. The molecule has 0 spiro atoms. The molecule has 0 radical (unpaired) electrons. The SMILES string of the molecule is COC(=O)C(O)c1cc(C(C)(C)c2ccc(O)cc2)ccc1O. The zero-order chi connectivity index (χ0) is 17.2. The van der Waals surface area contributed by atoms with E-state index in [1.165, 1.54) is 13.2 Å². The molecular weight excluding hydrogens is 296 g/mol. The lowest BCUT2D eigenvalue weighted by Gasteiger charge is -2.27. The van der Waals surface area contributed by atoms with E-state index >= 15 is 0 Å². The second kappa shape index (κ2) is 6.30. The van der Waals surface area contributed by atoms with Crippen LogP contribution in [0.25, 0.3) is 0 Å². The van der Waals surface area contributed by atoms with Crippen molar-refractivity contribution >= 4 is 5.97 Å². The van der Waals surface area contributed by atoms with Crippen LogP contribution in [-0.4, -0.2) is 28.4 Å². The van der Waals surface area contributed by atoms with Gasteiger partial charge in [-0.3, -0.25) is 0 Å². The third kappa shape index (κ3) is 3.29. The molecule has 1 atom stereocenters. The Morgan fingerprint density at radius 3 is 2.17 bits per heavy atom. The number of aliphatic hydroxyl groups is 1. The number of phenolic OH excluding ortho intramolecular Hbond substituents is 2. The highest BCUT2D eigenvalue weighted by atomic mass is 16.5. The summed E-state index contributed by atoms with van der Waals surface area (Å²) in [6.45, 7) is 3.94. The molecule has 2 rings (SSSR count). The van der Waals surface area contributed by atoms with Gasteiger partial charge in [-0.15, -0.1) is 0 Å². The zero-order valence-electron chi connectivity index (χ0n) is 13.3. The molecule has 2 aromatic rings. The Morgan fingerprint density at radius 1 is 1.04 bits per heavy atom. The normalized spacial score (nSPS) is 12.7. The minimum atomic E-state index is -1.55. The first-order valence-electron chi connectivity index (χ1n) is 7.16. The number of aliphatic hydroxyl groups excluding tert-OH is 1. The first-order valence-corrected chi connectivity index (χ1v) is 7.16. The highest BCUT2D eigenvalue weighted by Crippen LogP contribution is 2.36. The van der Waals surface area contributed by atoms with Crippen molar-refractivity contribution < 1.29 is 24.9 Å². The standard InChI is InChI=1S/C18H20O5/c1-18(2,11-4-7-13(19)8-5-11)12-6-9-15(20)14(10-12)16(21)17(22)23-3/h4-10,16,19-21H,1-3H3. The Kier molecular flexibility index (Phi) is 4.61. The summed E-state index contributed by atoms with van der Waals surface area (Å²) in [7, 11) is 1.17. The van der Waals surface area contributed by atoms with E-state index in [0.29, 0.717) is 0 Å². The van der Waals surface area contributed by atoms with Gasteiger partial charge in [0.25, 0.3) is 0 Å². The van der Waals surface area contributed by atoms with Gasteiger partial charge in [0.1, 0.15) is 11.5 Å². The van der Waals surface area contributed by atoms with Gasteiger partial charge in [0.2, 0.25) is 0 Å². The van der Waals surface area contributed by atoms with E-state index in [0.717, 1.165) is 11.1 Å². The third-order valence-corrected chi connectivity index (χ3v) is 4.06. The number of carbonyl (C=O) groups is 1. The molecule has 5 heteroatoms. The molecular formula is C18H20O5. The molecule has 0 bridgehead atoms. The summed E-state index contributed by atoms with van der Waals surface area (Å²) in [5.74, 6) is -0.829. The van der Waals surface area contributed by atoms with Crippen LogP contribution in [0, 0.1) is 0 Å². The highest BCUT2D eigenvalue weighted by molar-refractivity contribution is 5.77. The fraction of sp³-hybridized carbons (Fsp3) is 0.278. The van der Waals surface area contributed by atoms with Gasteiger partial charge in [0.05, 0.1) is 7.11 Å². The summed E-state index contributed by atoms with van der Waals surface area (Å²) in [6.07, 6.45) is -1.55. The fourth-order valence-electron chi connectivity index (χ4n) is 2.45. The van der Waals surface area contributed by atoms with E-state index in [1.54, 1.807) is 36.4 Å². The number of phenols is 2. The van der Waals surface area contributed by atoms with Gasteiger partial charge in [0, 0.05) is 11.0 Å². The molecule has 0 fully saturated rings. The second-order valence-corrected chi connectivity index (χ2v) is 5.87. The van der Waals surface area contributed by atoms with Crippen LogP contribution in [0.2, 0.25) is 0 Å². The molecule has 122 valence electrons. The monoisotopic (exact) mass is 316 g/mol. The average Bonchev–Trinajstić information content (AvgIpc) is 2.54. The fourth-order valence-corrected chi connectivity index (χ4v) is 2.45. The number of hydrogen-bond acceptors (Lipinski definition) is 5. The topological polar surface area (TPSA) is 87.0 Å². The molecule has 0 aliphatic carbocycles. The molecule has 0 heterocycles. The van der Waals surface area contributed by atoms with Gasteiger partial charge >= 0.3 is 5.97 Å². The zero-order valence-corrected chi connectivity index (χ0v) is 13.3. The number of benzene rings is 2. The van der Waals surface area contributed by atoms with Crippen LogP contribution in [0.3, 0.4) is 0 Å². The summed E-state index contributed by atoms with van der Waals surface area (Å²) in [6, 6.07) is 11.6. The van der Waals surface area contributed by atoms with Crippen LogP contribution in [-0.2, 0) is 14.9 Å². The van der Waals surface area contributed by atoms with Crippen LogP contribution in [0.5, 0.6) is 11.5 Å². The van der Waals surface area contributed by atoms with Crippen LogP contribution in [0.1, 0.15) is 36.6 Å². The van der Waals surface area contributed by atoms with Crippen LogP contribution >= 0.6 is 0 Å². The van der Waals surface area contributed by atoms with Gasteiger partial charge in [-0.1, -0.05) is 32.0 Å². The molecule has 1 unspecified atom stereocenters. The number of carbonyl (C=O) groups excluding carboxylic acids is 1. The third-order valence-electron chi connectivity index (χ3n) is 4.06. The summed E-state index contributed by atoms with van der Waals surface area (Å²) in [5.41, 5.74) is 1.39. The minimum Gasteiger partial charge on any atom is -0.508 e. The maximum atomic E-state index is 11.5. The Bertz CT molecular complexity index is 704. The molecule has 2 aromatic carbocycles. The van der Waals surface area contributed by atoms with Crippen LogP contribution < -0.4 is 0 Å². The van der Waals surface area contributed by atoms with Crippen molar-refractivity contribution in [1.29, 1.82) is 0 Å². The van der Waals surface area contributed by atoms with Crippen molar-refractivity contribution in [2.24, 2.45) is 0 Å². The van der Waals surface area contributed by atoms with E-state index in [-0.39, 0.29) is 17.1 Å². The molecule has 0 saturated carbocycles. The quantitative estimate of drug-likeness (QED) is 0.755. The van der Waals surface area contributed by atoms with Crippen molar-refractivity contribution in [2.75, 3.05) is 7.11 Å². The average molecular weight is 316 g/mol. The van der Waals surface area contributed by atoms with Gasteiger partial charge in [-0.05, 0) is 35.4 Å². The lowest BCUT2D eigenvalue weighted by molar-refractivity contribution is -0.150. The number of methoxy groups -OCH3 is 1. The molecule has 0 aliphatic heterocycles. The van der Waals surface area contributed by atoms with E-state index in [1.807, 2.05) is 13.8 Å². The summed E-state index contributed by atoms with van der Waals surface area (Å²) < 4.78 is 4.52. The van der Waals surface area contributed by atoms with E-state index < -0.39 is 17.5 Å². The largest absolute Gasteiger partial charge is 0.508 e. The lowest BCUT2D eigenvalue weighted by Crippen LogP contribution is -2.20. The highest BCUT2D eigenvalue weighted by Gasteiger charge is 2.27. The van der Waals surface area contributed by atoms with Crippen molar-refractivity contribution in [3.63, 3.8) is 0 Å². The number of esters is 1. The van der Waals surface area contributed by atoms with E-state index in [9.17, 15) is 20.1 Å². The van der Waals surface area contributed by atoms with Gasteiger partial charge in [0.15, 0.2) is 6.10 Å². The predicted molar refractivity (Wildman–Crippen MR) is 85.3 cm³/mol. The Labute approximate surface area is 134 Å². The smallest absolute Gasteiger partial charge is 0.339 e. The molecule has 0 aromatic heterocycles. The van der Waals surface area contributed by atoms with E-state index in [4.69, 9.17) is 0 Å². The summed E-state index contributed by atoms with van der Waals surface area (Å²) >= 11 is 0. The Balaban J connectivity index is 2.47. The number of ether oxygens (including phenoxy) is 1. The first-order chi connectivity index (χ1) is 10.8. The summed E-state index contributed by atoms with van der Waals surface area (Å²) in [4.78, 5) is 11.5. The second-order valence-electron chi connectivity index (χ2n) is 5.87. The summed E-state index contributed by atoms with van der Waals surface area (Å²) in [5, 5.41) is 29.3. The molecule has 0 aliphatic rings. The van der Waals surface area contributed by atoms with Crippen molar-refractivity contribution in [1.82, 2.24) is 0 Å². The maximum Gasteiger partial charge on any atom is 0.339 e. The van der Waals surface area contributed by atoms with Crippen molar-refractivity contribution in [3.05, 3.63) is 59.2 Å². The number of hydrogen-bond donors (Lipinski definition) is 3. The first kappa shape index (κ1) is 16.8. The maximum absolute atomic E-state index is 11.5. The van der Waals surface area contributed by atoms with Gasteiger partial charge in [-0.25, -0.2) is 4.79 Å². The van der Waals surface area contributed by atoms with Crippen molar-refractivity contribution in [3.8, 4) is 11.5 Å². The Morgan fingerprint density at radius 2 is 1.61 bits per heavy atom. The van der Waals surface area contributed by atoms with Crippen molar-refractivity contribution in [2.45, 2.75) is 25.4 Å².